The van der Waals surface area contributed by atoms with Gasteiger partial charge < -0.3 is 9.64 Å². The number of nitrogens with zero attached hydrogens (tertiary/aromatic N) is 1. The molecule has 2 fully saturated rings. The van der Waals surface area contributed by atoms with Gasteiger partial charge in [0.15, 0.2) is 0 Å². The van der Waals surface area contributed by atoms with Crippen molar-refractivity contribution in [2.45, 2.75) is 39.0 Å². The zero-order chi connectivity index (χ0) is 16.2. The summed E-state index contributed by atoms with van der Waals surface area (Å²) < 4.78 is 27.8. The van der Waals surface area contributed by atoms with E-state index in [1.807, 2.05) is 0 Å². The molecule has 1 amide bonds. The molecule has 2 aliphatic heterocycles. The van der Waals surface area contributed by atoms with Crippen LogP contribution in [0, 0.1) is 11.8 Å². The lowest BCUT2D eigenvalue weighted by molar-refractivity contribution is -0.151. The average molecular weight is 331 g/mol. The van der Waals surface area contributed by atoms with Crippen LogP contribution in [0.5, 0.6) is 0 Å². The number of hydrogen-bond donors (Lipinski definition) is 0. The smallest absolute Gasteiger partial charge is 0.309 e. The van der Waals surface area contributed by atoms with Crippen molar-refractivity contribution in [3.05, 3.63) is 0 Å². The first-order chi connectivity index (χ1) is 10.4. The summed E-state index contributed by atoms with van der Waals surface area (Å²) in [5.74, 6) is 0.424. The minimum atomic E-state index is -2.87. The van der Waals surface area contributed by atoms with Gasteiger partial charge in [0, 0.05) is 19.5 Å². The number of ether oxygens (including phenoxy) is 1. The van der Waals surface area contributed by atoms with E-state index in [9.17, 15) is 18.0 Å². The second kappa shape index (κ2) is 7.44. The molecule has 0 N–H and O–H groups in total. The zero-order valence-corrected chi connectivity index (χ0v) is 13.9. The van der Waals surface area contributed by atoms with Crippen molar-refractivity contribution in [1.29, 1.82) is 0 Å². The lowest BCUT2D eigenvalue weighted by Crippen LogP contribution is -2.41. The van der Waals surface area contributed by atoms with Crippen LogP contribution in [0.4, 0.5) is 0 Å². The molecule has 6 nitrogen and oxygen atoms in total. The van der Waals surface area contributed by atoms with Gasteiger partial charge >= 0.3 is 5.97 Å². The van der Waals surface area contributed by atoms with Crippen LogP contribution in [0.3, 0.4) is 0 Å². The Morgan fingerprint density at radius 3 is 2.23 bits per heavy atom. The van der Waals surface area contributed by atoms with Crippen LogP contribution in [-0.4, -0.2) is 56.4 Å². The summed E-state index contributed by atoms with van der Waals surface area (Å²) in [7, 11) is -2.87. The maximum absolute atomic E-state index is 12.3. The fourth-order valence-electron chi connectivity index (χ4n) is 3.14. The van der Waals surface area contributed by atoms with Gasteiger partial charge in [0.25, 0.3) is 0 Å². The fourth-order valence-corrected chi connectivity index (χ4v) is 4.73. The molecule has 2 aliphatic rings. The number of carbonyl (C=O) groups is 2. The summed E-state index contributed by atoms with van der Waals surface area (Å²) >= 11 is 0. The summed E-state index contributed by atoms with van der Waals surface area (Å²) in [6, 6.07) is 0. The average Bonchev–Trinajstić information content (AvgIpc) is 2.50. The molecule has 0 radical (unpaired) electrons. The predicted molar refractivity (Wildman–Crippen MR) is 81.9 cm³/mol. The van der Waals surface area contributed by atoms with E-state index in [2.05, 4.69) is 0 Å². The molecule has 2 saturated heterocycles. The van der Waals surface area contributed by atoms with Gasteiger partial charge in [-0.05, 0) is 38.5 Å². The van der Waals surface area contributed by atoms with Crippen molar-refractivity contribution < 1.29 is 22.7 Å². The highest BCUT2D eigenvalue weighted by molar-refractivity contribution is 7.91. The Kier molecular flexibility index (Phi) is 5.83. The lowest BCUT2D eigenvalue weighted by Gasteiger charge is -2.32. The van der Waals surface area contributed by atoms with E-state index in [-0.39, 0.29) is 35.2 Å². The van der Waals surface area contributed by atoms with Crippen LogP contribution < -0.4 is 0 Å². The second-order valence-corrected chi connectivity index (χ2v) is 8.51. The number of sulfone groups is 1. The van der Waals surface area contributed by atoms with Gasteiger partial charge in [-0.2, -0.15) is 0 Å². The Bertz CT molecular complexity index is 494. The summed E-state index contributed by atoms with van der Waals surface area (Å²) in [5, 5.41) is 0. The summed E-state index contributed by atoms with van der Waals surface area (Å²) in [6.45, 7) is 3.37. The van der Waals surface area contributed by atoms with Crippen LogP contribution in [0.2, 0.25) is 0 Å². The van der Waals surface area contributed by atoms with E-state index < -0.39 is 9.84 Å². The molecule has 22 heavy (non-hydrogen) atoms. The van der Waals surface area contributed by atoms with Crippen molar-refractivity contribution >= 4 is 21.7 Å². The highest BCUT2D eigenvalue weighted by Gasteiger charge is 2.30. The topological polar surface area (TPSA) is 80.8 Å². The van der Waals surface area contributed by atoms with E-state index in [0.29, 0.717) is 51.8 Å². The third-order valence-electron chi connectivity index (χ3n) is 4.61. The SMILES string of the molecule is CCOC(=O)C1CCN(C(=O)CC2CCS(=O)(=O)CC2)CC1. The van der Waals surface area contributed by atoms with Gasteiger partial charge in [0.05, 0.1) is 24.0 Å². The van der Waals surface area contributed by atoms with Crippen molar-refractivity contribution in [3.8, 4) is 0 Å². The minimum Gasteiger partial charge on any atom is -0.466 e. The second-order valence-electron chi connectivity index (χ2n) is 6.21. The van der Waals surface area contributed by atoms with Crippen molar-refractivity contribution in [1.82, 2.24) is 4.90 Å². The molecule has 0 aliphatic carbocycles. The fraction of sp³-hybridized carbons (Fsp3) is 0.867. The van der Waals surface area contributed by atoms with Gasteiger partial charge in [-0.25, -0.2) is 8.42 Å². The number of piperidine rings is 1. The molecule has 0 spiro atoms. The summed E-state index contributed by atoms with van der Waals surface area (Å²) in [4.78, 5) is 25.8. The van der Waals surface area contributed by atoms with Gasteiger partial charge in [-0.1, -0.05) is 0 Å². The highest BCUT2D eigenvalue weighted by Crippen LogP contribution is 2.25. The number of carbonyl (C=O) groups excluding carboxylic acids is 2. The molecule has 2 rings (SSSR count). The van der Waals surface area contributed by atoms with Crippen molar-refractivity contribution in [3.63, 3.8) is 0 Å². The van der Waals surface area contributed by atoms with E-state index in [1.54, 1.807) is 11.8 Å². The van der Waals surface area contributed by atoms with E-state index in [0.717, 1.165) is 0 Å². The number of esters is 1. The monoisotopic (exact) mass is 331 g/mol. The standard InChI is InChI=1S/C15H25NO5S/c1-2-21-15(18)13-3-7-16(8-4-13)14(17)11-12-5-9-22(19,20)10-6-12/h12-13H,2-11H2,1H3. The minimum absolute atomic E-state index is 0.0895. The largest absolute Gasteiger partial charge is 0.466 e. The number of likely N-dealkylation sites (tertiary alicyclic amines) is 1. The first-order valence-electron chi connectivity index (χ1n) is 8.06. The first-order valence-corrected chi connectivity index (χ1v) is 9.88. The Labute approximate surface area is 132 Å². The van der Waals surface area contributed by atoms with E-state index in [4.69, 9.17) is 4.74 Å². The molecule has 0 aromatic carbocycles. The normalized spacial score (nSPS) is 23.2. The molecule has 126 valence electrons. The predicted octanol–water partition coefficient (Wildman–Crippen LogP) is 1.00. The zero-order valence-electron chi connectivity index (χ0n) is 13.1. The Morgan fingerprint density at radius 2 is 1.68 bits per heavy atom. The molecule has 0 bridgehead atoms. The van der Waals surface area contributed by atoms with Gasteiger partial charge in [-0.15, -0.1) is 0 Å². The maximum atomic E-state index is 12.3. The van der Waals surface area contributed by atoms with Crippen molar-refractivity contribution in [2.75, 3.05) is 31.2 Å². The molecular weight excluding hydrogens is 306 g/mol. The molecule has 0 saturated carbocycles. The molecule has 0 atom stereocenters. The molecule has 0 aromatic heterocycles. The van der Waals surface area contributed by atoms with Gasteiger partial charge in [0.2, 0.25) is 5.91 Å². The van der Waals surface area contributed by atoms with Crippen LogP contribution in [0.25, 0.3) is 0 Å². The Hall–Kier alpha value is -1.11. The van der Waals surface area contributed by atoms with Crippen molar-refractivity contribution in [2.24, 2.45) is 11.8 Å². The van der Waals surface area contributed by atoms with Crippen LogP contribution in [-0.2, 0) is 24.2 Å². The summed E-state index contributed by atoms with van der Waals surface area (Å²) in [6.07, 6.45) is 2.92. The molecule has 2 heterocycles. The number of hydrogen-bond acceptors (Lipinski definition) is 5. The Morgan fingerprint density at radius 1 is 1.09 bits per heavy atom. The first kappa shape index (κ1) is 17.2. The maximum Gasteiger partial charge on any atom is 0.309 e. The molecule has 7 heteroatoms. The molecule has 0 unspecified atom stereocenters. The van der Waals surface area contributed by atoms with E-state index in [1.165, 1.54) is 0 Å². The summed E-state index contributed by atoms with van der Waals surface area (Å²) in [5.41, 5.74) is 0. The van der Waals surface area contributed by atoms with Crippen LogP contribution in [0.15, 0.2) is 0 Å². The third-order valence-corrected chi connectivity index (χ3v) is 6.32. The number of amides is 1. The lowest BCUT2D eigenvalue weighted by atomic mass is 9.94. The van der Waals surface area contributed by atoms with Gasteiger partial charge in [-0.3, -0.25) is 9.59 Å². The van der Waals surface area contributed by atoms with Crippen LogP contribution >= 0.6 is 0 Å². The highest BCUT2D eigenvalue weighted by atomic mass is 32.2. The number of rotatable bonds is 4. The van der Waals surface area contributed by atoms with Gasteiger partial charge in [0.1, 0.15) is 9.84 Å². The van der Waals surface area contributed by atoms with E-state index >= 15 is 0 Å². The third kappa shape index (κ3) is 4.69. The quantitative estimate of drug-likeness (QED) is 0.718. The molecule has 0 aromatic rings. The molecular formula is C15H25NO5S. The van der Waals surface area contributed by atoms with Crippen LogP contribution in [0.1, 0.15) is 39.0 Å². The Balaban J connectivity index is 1.75.